The third-order valence-electron chi connectivity index (χ3n) is 4.52. The molecular weight excluding hydrogens is 340 g/mol. The van der Waals surface area contributed by atoms with Crippen molar-refractivity contribution in [2.45, 2.75) is 30.0 Å². The molecule has 7 nitrogen and oxygen atoms in total. The Morgan fingerprint density at radius 1 is 1.35 bits per heavy atom. The Hall–Kier alpha value is -1.00. The number of hydrogen-bond donors (Lipinski definition) is 3. The van der Waals surface area contributed by atoms with E-state index < -0.39 is 16.0 Å². The van der Waals surface area contributed by atoms with Crippen LogP contribution in [0, 0.1) is 5.92 Å². The van der Waals surface area contributed by atoms with Crippen LogP contribution in [0.3, 0.4) is 0 Å². The van der Waals surface area contributed by atoms with Gasteiger partial charge in [0.2, 0.25) is 0 Å². The molecule has 0 aromatic carbocycles. The summed E-state index contributed by atoms with van der Waals surface area (Å²) in [6, 6.07) is 0. The molecule has 1 aromatic rings. The highest BCUT2D eigenvalue weighted by Gasteiger charge is 2.36. The molecule has 9 heteroatoms. The van der Waals surface area contributed by atoms with E-state index in [2.05, 4.69) is 5.32 Å². The molecule has 1 aromatic heterocycles. The summed E-state index contributed by atoms with van der Waals surface area (Å²) in [5.41, 5.74) is 0.612. The zero-order valence-corrected chi connectivity index (χ0v) is 14.3. The number of rotatable bonds is 4. The van der Waals surface area contributed by atoms with Crippen molar-refractivity contribution in [1.82, 2.24) is 9.62 Å². The lowest BCUT2D eigenvalue weighted by molar-refractivity contribution is 0.0692. The largest absolute Gasteiger partial charge is 0.478 e. The van der Waals surface area contributed by atoms with E-state index in [1.807, 2.05) is 0 Å². The van der Waals surface area contributed by atoms with Crippen LogP contribution in [0.5, 0.6) is 0 Å². The SMILES string of the molecule is O=C(O)c1c(S(=O)(=O)N2CCC(CO)CC2)sc2c1CCNC2. The van der Waals surface area contributed by atoms with Crippen LogP contribution >= 0.6 is 11.3 Å². The number of carbonyl (C=O) groups is 1. The Morgan fingerprint density at radius 3 is 2.65 bits per heavy atom. The topological polar surface area (TPSA) is 107 Å². The number of sulfonamides is 1. The minimum absolute atomic E-state index is 0.0406. The highest BCUT2D eigenvalue weighted by atomic mass is 32.2. The predicted molar refractivity (Wildman–Crippen MR) is 85.3 cm³/mol. The number of nitrogens with one attached hydrogen (secondary N) is 1. The second-order valence-corrected chi connectivity index (χ2v) is 9.17. The van der Waals surface area contributed by atoms with Crippen molar-refractivity contribution in [3.8, 4) is 0 Å². The van der Waals surface area contributed by atoms with Crippen LogP contribution in [-0.4, -0.2) is 55.1 Å². The Balaban J connectivity index is 1.97. The lowest BCUT2D eigenvalue weighted by atomic mass is 10.00. The molecule has 0 saturated carbocycles. The number of carboxylic acids is 1. The smallest absolute Gasteiger partial charge is 0.338 e. The lowest BCUT2D eigenvalue weighted by Gasteiger charge is -2.30. The molecule has 3 heterocycles. The number of thiophene rings is 1. The molecule has 128 valence electrons. The van der Waals surface area contributed by atoms with Gasteiger partial charge in [0, 0.05) is 31.1 Å². The Kier molecular flexibility index (Phi) is 4.75. The average molecular weight is 360 g/mol. The van der Waals surface area contributed by atoms with Gasteiger partial charge in [0.15, 0.2) is 0 Å². The van der Waals surface area contributed by atoms with Crippen LogP contribution in [0.25, 0.3) is 0 Å². The van der Waals surface area contributed by atoms with Crippen LogP contribution in [0.4, 0.5) is 0 Å². The molecule has 0 amide bonds. The van der Waals surface area contributed by atoms with E-state index in [1.165, 1.54) is 4.31 Å². The van der Waals surface area contributed by atoms with Gasteiger partial charge < -0.3 is 15.5 Å². The molecule has 23 heavy (non-hydrogen) atoms. The monoisotopic (exact) mass is 360 g/mol. The summed E-state index contributed by atoms with van der Waals surface area (Å²) in [7, 11) is -3.80. The van der Waals surface area contributed by atoms with Crippen LogP contribution < -0.4 is 5.32 Å². The van der Waals surface area contributed by atoms with E-state index in [0.29, 0.717) is 51.0 Å². The fourth-order valence-corrected chi connectivity index (χ4v) is 6.63. The van der Waals surface area contributed by atoms with E-state index in [0.717, 1.165) is 16.2 Å². The Labute approximate surface area is 139 Å². The number of aliphatic hydroxyl groups is 1. The van der Waals surface area contributed by atoms with Crippen LogP contribution in [0.2, 0.25) is 0 Å². The fraction of sp³-hybridized carbons (Fsp3) is 0.643. The minimum Gasteiger partial charge on any atom is -0.478 e. The predicted octanol–water partition coefficient (Wildman–Crippen LogP) is 0.485. The van der Waals surface area contributed by atoms with Crippen molar-refractivity contribution in [2.24, 2.45) is 5.92 Å². The number of aromatic carboxylic acids is 1. The molecule has 0 atom stereocenters. The quantitative estimate of drug-likeness (QED) is 0.721. The number of nitrogens with zero attached hydrogens (tertiary/aromatic N) is 1. The van der Waals surface area contributed by atoms with E-state index >= 15 is 0 Å². The van der Waals surface area contributed by atoms with E-state index in [-0.39, 0.29) is 22.3 Å². The molecular formula is C14H20N2O5S2. The average Bonchev–Trinajstić information content (AvgIpc) is 2.95. The first-order chi connectivity index (χ1) is 10.9. The van der Waals surface area contributed by atoms with Crippen LogP contribution in [0.15, 0.2) is 4.21 Å². The number of hydrogen-bond acceptors (Lipinski definition) is 6. The maximum absolute atomic E-state index is 12.9. The minimum atomic E-state index is -3.80. The van der Waals surface area contributed by atoms with Gasteiger partial charge in [-0.25, -0.2) is 13.2 Å². The van der Waals surface area contributed by atoms with Crippen molar-refractivity contribution < 1.29 is 23.4 Å². The van der Waals surface area contributed by atoms with Crippen molar-refractivity contribution >= 4 is 27.3 Å². The highest BCUT2D eigenvalue weighted by molar-refractivity contribution is 7.91. The summed E-state index contributed by atoms with van der Waals surface area (Å²) in [6.45, 7) is 1.89. The zero-order valence-electron chi connectivity index (χ0n) is 12.6. The van der Waals surface area contributed by atoms with Gasteiger partial charge in [-0.05, 0) is 37.3 Å². The maximum atomic E-state index is 12.9. The van der Waals surface area contributed by atoms with Gasteiger partial charge in [-0.3, -0.25) is 0 Å². The van der Waals surface area contributed by atoms with Gasteiger partial charge in [0.1, 0.15) is 4.21 Å². The van der Waals surface area contributed by atoms with Gasteiger partial charge in [-0.1, -0.05) is 0 Å². The first-order valence-corrected chi connectivity index (χ1v) is 9.90. The van der Waals surface area contributed by atoms with Gasteiger partial charge in [-0.15, -0.1) is 11.3 Å². The first-order valence-electron chi connectivity index (χ1n) is 7.64. The molecule has 0 bridgehead atoms. The third-order valence-corrected chi connectivity index (χ3v) is 8.14. The summed E-state index contributed by atoms with van der Waals surface area (Å²) in [6.07, 6.45) is 1.74. The normalized spacial score (nSPS) is 20.4. The molecule has 3 N–H and O–H groups in total. The second-order valence-electron chi connectivity index (χ2n) is 5.93. The summed E-state index contributed by atoms with van der Waals surface area (Å²) in [5, 5.41) is 21.8. The van der Waals surface area contributed by atoms with Crippen molar-refractivity contribution in [1.29, 1.82) is 0 Å². The van der Waals surface area contributed by atoms with Crippen molar-refractivity contribution in [3.63, 3.8) is 0 Å². The van der Waals surface area contributed by atoms with E-state index in [9.17, 15) is 23.4 Å². The molecule has 1 fully saturated rings. The fourth-order valence-electron chi connectivity index (χ4n) is 3.16. The van der Waals surface area contributed by atoms with Crippen molar-refractivity contribution in [2.75, 3.05) is 26.2 Å². The Bertz CT molecular complexity index is 705. The molecule has 3 rings (SSSR count). The van der Waals surface area contributed by atoms with E-state index in [4.69, 9.17) is 0 Å². The maximum Gasteiger partial charge on any atom is 0.338 e. The van der Waals surface area contributed by atoms with Crippen LogP contribution in [-0.2, 0) is 23.0 Å². The van der Waals surface area contributed by atoms with Crippen molar-refractivity contribution in [3.05, 3.63) is 16.0 Å². The third kappa shape index (κ3) is 3.03. The van der Waals surface area contributed by atoms with Gasteiger partial charge in [-0.2, -0.15) is 4.31 Å². The molecule has 1 saturated heterocycles. The summed E-state index contributed by atoms with van der Waals surface area (Å²) in [4.78, 5) is 12.5. The van der Waals surface area contributed by atoms with Gasteiger partial charge >= 0.3 is 5.97 Å². The summed E-state index contributed by atoms with van der Waals surface area (Å²) >= 11 is 1.08. The number of carboxylic acid groups (broad SMARTS) is 1. The molecule has 0 radical (unpaired) electrons. The molecule has 0 unspecified atom stereocenters. The summed E-state index contributed by atoms with van der Waals surface area (Å²) in [5.74, 6) is -1.05. The number of piperidine rings is 1. The Morgan fingerprint density at radius 2 is 2.04 bits per heavy atom. The van der Waals surface area contributed by atoms with E-state index in [1.54, 1.807) is 0 Å². The first kappa shape index (κ1) is 16.8. The molecule has 2 aliphatic rings. The molecule has 0 aliphatic carbocycles. The number of aliphatic hydroxyl groups excluding tert-OH is 1. The van der Waals surface area contributed by atoms with Gasteiger partial charge in [0.25, 0.3) is 10.0 Å². The second kappa shape index (κ2) is 6.48. The zero-order chi connectivity index (χ0) is 16.6. The van der Waals surface area contributed by atoms with Gasteiger partial charge in [0.05, 0.1) is 5.56 Å². The molecule has 2 aliphatic heterocycles. The van der Waals surface area contributed by atoms with Crippen LogP contribution in [0.1, 0.15) is 33.6 Å². The highest BCUT2D eigenvalue weighted by Crippen LogP contribution is 2.37. The lowest BCUT2D eigenvalue weighted by Crippen LogP contribution is -2.39. The summed E-state index contributed by atoms with van der Waals surface area (Å²) < 4.78 is 27.1. The standard InChI is InChI=1S/C14H20N2O5S2/c17-8-9-2-5-16(6-3-9)23(20,21)14-12(13(18)19)10-1-4-15-7-11(10)22-14/h9,15,17H,1-8H2,(H,18,19). The number of fused-ring (bicyclic) bond motifs is 1. The molecule has 0 spiro atoms.